The minimum absolute atomic E-state index is 0.0250. The highest BCUT2D eigenvalue weighted by Crippen LogP contribution is 2.10. The molecule has 1 unspecified atom stereocenters. The second-order valence-corrected chi connectivity index (χ2v) is 4.41. The van der Waals surface area contributed by atoms with Gasteiger partial charge >= 0.3 is 0 Å². The molecule has 1 atom stereocenters. The SMILES string of the molecule is Cc1nc(CN(C)C(CN)CO)cs1. The number of hydrogen-bond donors (Lipinski definition) is 2. The van der Waals surface area contributed by atoms with Gasteiger partial charge in [-0.3, -0.25) is 4.90 Å². The number of nitrogens with two attached hydrogens (primary N) is 1. The summed E-state index contributed by atoms with van der Waals surface area (Å²) in [6.45, 7) is 3.29. The van der Waals surface area contributed by atoms with E-state index in [-0.39, 0.29) is 12.6 Å². The molecule has 1 aromatic heterocycles. The number of aliphatic hydroxyl groups excluding tert-OH is 1. The Kier molecular flexibility index (Phi) is 4.47. The molecule has 0 aliphatic heterocycles. The molecule has 14 heavy (non-hydrogen) atoms. The van der Waals surface area contributed by atoms with Crippen LogP contribution in [0.4, 0.5) is 0 Å². The molecule has 80 valence electrons. The molecule has 3 N–H and O–H groups in total. The van der Waals surface area contributed by atoms with Gasteiger partial charge in [-0.1, -0.05) is 0 Å². The number of aliphatic hydroxyl groups is 1. The Labute approximate surface area is 88.4 Å². The third-order valence-corrected chi connectivity index (χ3v) is 3.01. The van der Waals surface area contributed by atoms with Gasteiger partial charge in [-0.25, -0.2) is 4.98 Å². The van der Waals surface area contributed by atoms with Gasteiger partial charge in [0.05, 0.1) is 17.3 Å². The van der Waals surface area contributed by atoms with Gasteiger partial charge in [-0.2, -0.15) is 0 Å². The van der Waals surface area contributed by atoms with Crippen LogP contribution in [0.1, 0.15) is 10.7 Å². The van der Waals surface area contributed by atoms with Gasteiger partial charge in [0.25, 0.3) is 0 Å². The van der Waals surface area contributed by atoms with Crippen LogP contribution in [0.2, 0.25) is 0 Å². The second-order valence-electron chi connectivity index (χ2n) is 3.35. The van der Waals surface area contributed by atoms with Gasteiger partial charge in [-0.05, 0) is 14.0 Å². The molecule has 0 spiro atoms. The number of aryl methyl sites for hydroxylation is 1. The molecule has 0 fully saturated rings. The maximum atomic E-state index is 9.04. The summed E-state index contributed by atoms with van der Waals surface area (Å²) >= 11 is 1.64. The summed E-state index contributed by atoms with van der Waals surface area (Å²) < 4.78 is 0. The van der Waals surface area contributed by atoms with Crippen LogP contribution in [-0.4, -0.2) is 41.2 Å². The highest BCUT2D eigenvalue weighted by atomic mass is 32.1. The van der Waals surface area contributed by atoms with Crippen molar-refractivity contribution in [2.75, 3.05) is 20.2 Å². The Hall–Kier alpha value is -0.490. The van der Waals surface area contributed by atoms with Crippen molar-refractivity contribution in [3.05, 3.63) is 16.1 Å². The number of aromatic nitrogens is 1. The molecule has 1 heterocycles. The van der Waals surface area contributed by atoms with Gasteiger partial charge in [0.15, 0.2) is 0 Å². The van der Waals surface area contributed by atoms with Crippen LogP contribution in [0, 0.1) is 6.92 Å². The van der Waals surface area contributed by atoms with Gasteiger partial charge in [0.2, 0.25) is 0 Å². The monoisotopic (exact) mass is 215 g/mol. The summed E-state index contributed by atoms with van der Waals surface area (Å²) in [5.41, 5.74) is 6.57. The zero-order valence-corrected chi connectivity index (χ0v) is 9.42. The van der Waals surface area contributed by atoms with Crippen molar-refractivity contribution < 1.29 is 5.11 Å². The van der Waals surface area contributed by atoms with Crippen molar-refractivity contribution in [2.24, 2.45) is 5.73 Å². The quantitative estimate of drug-likeness (QED) is 0.736. The molecule has 0 aliphatic rings. The average Bonchev–Trinajstić information content (AvgIpc) is 2.53. The number of thiazole rings is 1. The second kappa shape index (κ2) is 5.41. The molecule has 0 aliphatic carbocycles. The maximum Gasteiger partial charge on any atom is 0.0897 e. The molecule has 4 nitrogen and oxygen atoms in total. The first-order chi connectivity index (χ1) is 6.67. The number of rotatable bonds is 5. The first kappa shape index (κ1) is 11.6. The minimum Gasteiger partial charge on any atom is -0.395 e. The van der Waals surface area contributed by atoms with Crippen LogP contribution in [0.3, 0.4) is 0 Å². The molecular formula is C9H17N3OS. The average molecular weight is 215 g/mol. The van der Waals surface area contributed by atoms with Crippen LogP contribution in [-0.2, 0) is 6.54 Å². The van der Waals surface area contributed by atoms with Crippen LogP contribution >= 0.6 is 11.3 Å². The lowest BCUT2D eigenvalue weighted by Gasteiger charge is -2.23. The lowest BCUT2D eigenvalue weighted by Crippen LogP contribution is -2.40. The van der Waals surface area contributed by atoms with Crippen molar-refractivity contribution in [3.63, 3.8) is 0 Å². The predicted molar refractivity (Wildman–Crippen MR) is 58.2 cm³/mol. The molecule has 0 bridgehead atoms. The van der Waals surface area contributed by atoms with E-state index in [1.54, 1.807) is 11.3 Å². The third kappa shape index (κ3) is 3.02. The first-order valence-electron chi connectivity index (χ1n) is 4.59. The van der Waals surface area contributed by atoms with E-state index in [9.17, 15) is 0 Å². The smallest absolute Gasteiger partial charge is 0.0897 e. The maximum absolute atomic E-state index is 9.04. The largest absolute Gasteiger partial charge is 0.395 e. The molecule has 0 radical (unpaired) electrons. The van der Waals surface area contributed by atoms with Gasteiger partial charge in [0, 0.05) is 24.5 Å². The Morgan fingerprint density at radius 3 is 2.86 bits per heavy atom. The fraction of sp³-hybridized carbons (Fsp3) is 0.667. The minimum atomic E-state index is 0.0250. The van der Waals surface area contributed by atoms with Crippen LogP contribution in [0.15, 0.2) is 5.38 Å². The van der Waals surface area contributed by atoms with Crippen LogP contribution < -0.4 is 5.73 Å². The Morgan fingerprint density at radius 2 is 2.43 bits per heavy atom. The summed E-state index contributed by atoms with van der Waals surface area (Å²) in [7, 11) is 1.95. The van der Waals surface area contributed by atoms with E-state index in [1.807, 2.05) is 24.3 Å². The van der Waals surface area contributed by atoms with Crippen molar-refractivity contribution in [3.8, 4) is 0 Å². The number of nitrogens with zero attached hydrogens (tertiary/aromatic N) is 2. The van der Waals surface area contributed by atoms with E-state index in [1.165, 1.54) is 0 Å². The van der Waals surface area contributed by atoms with Crippen molar-refractivity contribution in [1.29, 1.82) is 0 Å². The summed E-state index contributed by atoms with van der Waals surface area (Å²) in [5.74, 6) is 0. The molecule has 1 rings (SSSR count). The van der Waals surface area contributed by atoms with Crippen molar-refractivity contribution >= 4 is 11.3 Å². The van der Waals surface area contributed by atoms with Gasteiger partial charge < -0.3 is 10.8 Å². The van der Waals surface area contributed by atoms with E-state index in [4.69, 9.17) is 10.8 Å². The highest BCUT2D eigenvalue weighted by Gasteiger charge is 2.12. The topological polar surface area (TPSA) is 62.4 Å². The fourth-order valence-corrected chi connectivity index (χ4v) is 1.86. The molecule has 0 saturated carbocycles. The molecule has 0 saturated heterocycles. The predicted octanol–water partition coefficient (Wildman–Crippen LogP) is 0.203. The molecule has 0 amide bonds. The summed E-state index contributed by atoms with van der Waals surface area (Å²) in [5, 5.41) is 12.1. The molecular weight excluding hydrogens is 198 g/mol. The van der Waals surface area contributed by atoms with E-state index < -0.39 is 0 Å². The van der Waals surface area contributed by atoms with E-state index in [0.717, 1.165) is 17.2 Å². The third-order valence-electron chi connectivity index (χ3n) is 2.18. The normalized spacial score (nSPS) is 13.5. The summed E-state index contributed by atoms with van der Waals surface area (Å²) in [6, 6.07) is 0.0250. The van der Waals surface area contributed by atoms with Gasteiger partial charge in [0.1, 0.15) is 0 Å². The summed E-state index contributed by atoms with van der Waals surface area (Å²) in [4.78, 5) is 6.38. The Bertz CT molecular complexity index is 273. The lowest BCUT2D eigenvalue weighted by atomic mass is 10.2. The zero-order chi connectivity index (χ0) is 10.6. The van der Waals surface area contributed by atoms with E-state index >= 15 is 0 Å². The Morgan fingerprint density at radius 1 is 1.71 bits per heavy atom. The number of likely N-dealkylation sites (N-methyl/N-ethyl adjacent to an activating group) is 1. The van der Waals surface area contributed by atoms with Crippen LogP contribution in [0.5, 0.6) is 0 Å². The molecule has 5 heteroatoms. The van der Waals surface area contributed by atoms with E-state index in [2.05, 4.69) is 4.98 Å². The molecule has 1 aromatic rings. The lowest BCUT2D eigenvalue weighted by molar-refractivity contribution is 0.145. The fourth-order valence-electron chi connectivity index (χ4n) is 1.26. The van der Waals surface area contributed by atoms with Crippen molar-refractivity contribution in [2.45, 2.75) is 19.5 Å². The molecule has 0 aromatic carbocycles. The van der Waals surface area contributed by atoms with Crippen molar-refractivity contribution in [1.82, 2.24) is 9.88 Å². The number of hydrogen-bond acceptors (Lipinski definition) is 5. The highest BCUT2D eigenvalue weighted by molar-refractivity contribution is 7.09. The standard InChI is InChI=1S/C9H17N3OS/c1-7-11-8(6-14-7)4-12(2)9(3-10)5-13/h6,9,13H,3-5,10H2,1-2H3. The zero-order valence-electron chi connectivity index (χ0n) is 8.60. The Balaban J connectivity index is 2.51. The van der Waals surface area contributed by atoms with E-state index in [0.29, 0.717) is 6.54 Å². The van der Waals surface area contributed by atoms with Gasteiger partial charge in [-0.15, -0.1) is 11.3 Å². The first-order valence-corrected chi connectivity index (χ1v) is 5.47. The van der Waals surface area contributed by atoms with Crippen LogP contribution in [0.25, 0.3) is 0 Å². The summed E-state index contributed by atoms with van der Waals surface area (Å²) in [6.07, 6.45) is 0.